The fourth-order valence-electron chi connectivity index (χ4n) is 5.07. The van der Waals surface area contributed by atoms with Crippen molar-refractivity contribution in [3.63, 3.8) is 0 Å². The van der Waals surface area contributed by atoms with Crippen molar-refractivity contribution >= 4 is 22.5 Å². The highest BCUT2D eigenvalue weighted by Gasteiger charge is 2.17. The molecule has 2 fully saturated rings. The number of aromatic nitrogens is 4. The zero-order valence-corrected chi connectivity index (χ0v) is 20.8. The highest BCUT2D eigenvalue weighted by molar-refractivity contribution is 6.11. The van der Waals surface area contributed by atoms with Gasteiger partial charge in [0.05, 0.1) is 36.3 Å². The Bertz CT molecular complexity index is 1370. The predicted molar refractivity (Wildman–Crippen MR) is 142 cm³/mol. The second kappa shape index (κ2) is 10.8. The minimum Gasteiger partial charge on any atom is -0.379 e. The van der Waals surface area contributed by atoms with Gasteiger partial charge in [-0.3, -0.25) is 29.7 Å². The Morgan fingerprint density at radius 3 is 2.57 bits per heavy atom. The predicted octanol–water partition coefficient (Wildman–Crippen LogP) is 3.70. The van der Waals surface area contributed by atoms with Gasteiger partial charge in [0.15, 0.2) is 5.69 Å². The van der Waals surface area contributed by atoms with Gasteiger partial charge in [-0.2, -0.15) is 5.10 Å². The highest BCUT2D eigenvalue weighted by atomic mass is 16.5. The highest BCUT2D eigenvalue weighted by Crippen LogP contribution is 2.27. The number of nitrogens with one attached hydrogen (secondary N) is 2. The van der Waals surface area contributed by atoms with Crippen LogP contribution >= 0.6 is 0 Å². The smallest absolute Gasteiger partial charge is 0.276 e. The van der Waals surface area contributed by atoms with Crippen molar-refractivity contribution in [2.45, 2.75) is 25.9 Å². The Balaban J connectivity index is 1.17. The van der Waals surface area contributed by atoms with E-state index < -0.39 is 0 Å². The molecule has 0 unspecified atom stereocenters. The minimum absolute atomic E-state index is 0.271. The van der Waals surface area contributed by atoms with E-state index in [1.165, 1.54) is 18.4 Å². The largest absolute Gasteiger partial charge is 0.379 e. The van der Waals surface area contributed by atoms with Crippen LogP contribution < -0.4 is 5.32 Å². The van der Waals surface area contributed by atoms with Crippen LogP contribution in [0.25, 0.3) is 22.0 Å². The first-order chi connectivity index (χ1) is 18.2. The third kappa shape index (κ3) is 5.53. The van der Waals surface area contributed by atoms with E-state index in [-0.39, 0.29) is 5.91 Å². The Labute approximate surface area is 215 Å². The Morgan fingerprint density at radius 2 is 1.76 bits per heavy atom. The van der Waals surface area contributed by atoms with Crippen LogP contribution in [0, 0.1) is 0 Å². The summed E-state index contributed by atoms with van der Waals surface area (Å²) >= 11 is 0. The number of H-pyrrole nitrogens is 1. The first-order valence-corrected chi connectivity index (χ1v) is 12.9. The van der Waals surface area contributed by atoms with E-state index in [9.17, 15) is 4.79 Å². The zero-order valence-electron chi connectivity index (χ0n) is 20.8. The van der Waals surface area contributed by atoms with E-state index in [1.54, 1.807) is 6.20 Å². The lowest BCUT2D eigenvalue weighted by atomic mass is 10.0. The molecule has 190 valence electrons. The monoisotopic (exact) mass is 497 g/mol. The number of pyridine rings is 2. The van der Waals surface area contributed by atoms with Crippen LogP contribution in [-0.2, 0) is 17.8 Å². The zero-order chi connectivity index (χ0) is 25.0. The molecule has 9 nitrogen and oxygen atoms in total. The standard InChI is InChI=1S/C28H31N7O2/c36-28(31-23-4-5-24(30-17-23)19-35-9-11-37-12-10-35)27-25-14-21(3-6-26(25)32-33-27)22-13-20(15-29-16-22)18-34-7-1-2-8-34/h3-6,13-17H,1-2,7-12,18-19H2,(H,31,36)(H,32,33). The number of amides is 1. The van der Waals surface area contributed by atoms with E-state index in [1.807, 2.05) is 42.7 Å². The first-order valence-electron chi connectivity index (χ1n) is 12.9. The van der Waals surface area contributed by atoms with Crippen LogP contribution in [0.5, 0.6) is 0 Å². The maximum absolute atomic E-state index is 13.1. The van der Waals surface area contributed by atoms with Crippen LogP contribution in [-0.4, -0.2) is 75.3 Å². The number of aromatic amines is 1. The maximum Gasteiger partial charge on any atom is 0.276 e. The number of fused-ring (bicyclic) bond motifs is 1. The van der Waals surface area contributed by atoms with Gasteiger partial charge < -0.3 is 10.1 Å². The van der Waals surface area contributed by atoms with E-state index in [4.69, 9.17) is 4.74 Å². The summed E-state index contributed by atoms with van der Waals surface area (Å²) in [4.78, 5) is 26.9. The molecule has 0 bridgehead atoms. The number of likely N-dealkylation sites (tertiary alicyclic amines) is 1. The number of hydrogen-bond donors (Lipinski definition) is 2. The van der Waals surface area contributed by atoms with Crippen molar-refractivity contribution in [1.82, 2.24) is 30.0 Å². The summed E-state index contributed by atoms with van der Waals surface area (Å²) in [5.74, 6) is -0.271. The molecule has 0 aliphatic carbocycles. The fraction of sp³-hybridized carbons (Fsp3) is 0.357. The summed E-state index contributed by atoms with van der Waals surface area (Å²) in [6.07, 6.45) is 8.05. The van der Waals surface area contributed by atoms with Gasteiger partial charge in [0.25, 0.3) is 5.91 Å². The number of carbonyl (C=O) groups excluding carboxylic acids is 1. The number of hydrogen-bond acceptors (Lipinski definition) is 7. The quantitative estimate of drug-likeness (QED) is 0.402. The van der Waals surface area contributed by atoms with E-state index in [2.05, 4.69) is 41.3 Å². The lowest BCUT2D eigenvalue weighted by Gasteiger charge is -2.26. The van der Waals surface area contributed by atoms with Crippen molar-refractivity contribution in [3.8, 4) is 11.1 Å². The fourth-order valence-corrected chi connectivity index (χ4v) is 5.07. The van der Waals surface area contributed by atoms with Gasteiger partial charge in [-0.25, -0.2) is 0 Å². The Hall–Kier alpha value is -3.66. The third-order valence-electron chi connectivity index (χ3n) is 7.08. The SMILES string of the molecule is O=C(Nc1ccc(CN2CCOCC2)nc1)c1n[nH]c2ccc(-c3cncc(CN4CCCC4)c3)cc12. The molecule has 4 aromatic rings. The van der Waals surface area contributed by atoms with Gasteiger partial charge in [0, 0.05) is 49.5 Å². The van der Waals surface area contributed by atoms with Crippen LogP contribution in [0.2, 0.25) is 0 Å². The molecule has 0 saturated carbocycles. The normalized spacial score (nSPS) is 16.9. The topological polar surface area (TPSA) is 99.3 Å². The first kappa shape index (κ1) is 23.7. The number of ether oxygens (including phenoxy) is 1. The Morgan fingerprint density at radius 1 is 0.919 bits per heavy atom. The molecule has 2 aliphatic rings. The third-order valence-corrected chi connectivity index (χ3v) is 7.08. The number of carbonyl (C=O) groups is 1. The molecular formula is C28H31N7O2. The van der Waals surface area contributed by atoms with E-state index in [0.717, 1.165) is 80.2 Å². The lowest BCUT2D eigenvalue weighted by molar-refractivity contribution is 0.0336. The molecule has 2 saturated heterocycles. The van der Waals surface area contributed by atoms with Gasteiger partial charge in [0.1, 0.15) is 0 Å². The molecule has 5 heterocycles. The van der Waals surface area contributed by atoms with Crippen LogP contribution in [0.15, 0.2) is 55.0 Å². The summed E-state index contributed by atoms with van der Waals surface area (Å²) < 4.78 is 5.41. The number of rotatable bonds is 7. The molecule has 3 aromatic heterocycles. The molecule has 0 radical (unpaired) electrons. The molecule has 0 spiro atoms. The number of morpholine rings is 1. The molecule has 2 aliphatic heterocycles. The second-order valence-corrected chi connectivity index (χ2v) is 9.78. The average Bonchev–Trinajstić information content (AvgIpc) is 3.60. The summed E-state index contributed by atoms with van der Waals surface area (Å²) in [6, 6.07) is 12.0. The summed E-state index contributed by atoms with van der Waals surface area (Å²) in [5, 5.41) is 11.0. The van der Waals surface area contributed by atoms with Crippen molar-refractivity contribution in [3.05, 3.63) is 71.9 Å². The van der Waals surface area contributed by atoms with Gasteiger partial charge in [-0.1, -0.05) is 6.07 Å². The van der Waals surface area contributed by atoms with Gasteiger partial charge in [0.2, 0.25) is 0 Å². The molecule has 2 N–H and O–H groups in total. The summed E-state index contributed by atoms with van der Waals surface area (Å²) in [7, 11) is 0. The van der Waals surface area contributed by atoms with Gasteiger partial charge in [-0.05, 0) is 67.4 Å². The van der Waals surface area contributed by atoms with Crippen LogP contribution in [0.4, 0.5) is 5.69 Å². The van der Waals surface area contributed by atoms with Crippen molar-refractivity contribution in [2.75, 3.05) is 44.7 Å². The van der Waals surface area contributed by atoms with Gasteiger partial charge >= 0.3 is 0 Å². The number of nitrogens with zero attached hydrogens (tertiary/aromatic N) is 5. The van der Waals surface area contributed by atoms with Crippen molar-refractivity contribution in [1.29, 1.82) is 0 Å². The van der Waals surface area contributed by atoms with Gasteiger partial charge in [-0.15, -0.1) is 0 Å². The lowest BCUT2D eigenvalue weighted by Crippen LogP contribution is -2.35. The van der Waals surface area contributed by atoms with E-state index >= 15 is 0 Å². The van der Waals surface area contributed by atoms with Crippen LogP contribution in [0.1, 0.15) is 34.6 Å². The maximum atomic E-state index is 13.1. The molecule has 9 heteroatoms. The van der Waals surface area contributed by atoms with Crippen molar-refractivity contribution in [2.24, 2.45) is 0 Å². The molecule has 37 heavy (non-hydrogen) atoms. The molecule has 0 atom stereocenters. The molecule has 1 amide bonds. The van der Waals surface area contributed by atoms with E-state index in [0.29, 0.717) is 11.4 Å². The summed E-state index contributed by atoms with van der Waals surface area (Å²) in [5.41, 5.74) is 6.02. The number of anilines is 1. The van der Waals surface area contributed by atoms with Crippen LogP contribution in [0.3, 0.4) is 0 Å². The summed E-state index contributed by atoms with van der Waals surface area (Å²) in [6.45, 7) is 7.33. The molecule has 6 rings (SSSR count). The second-order valence-electron chi connectivity index (χ2n) is 9.78. The molecular weight excluding hydrogens is 466 g/mol. The minimum atomic E-state index is -0.271. The molecule has 1 aromatic carbocycles. The average molecular weight is 498 g/mol. The Kier molecular flexibility index (Phi) is 6.90. The van der Waals surface area contributed by atoms with Crippen molar-refractivity contribution < 1.29 is 9.53 Å². The number of benzene rings is 1.